The molecular formula is C11H12F2O2. The normalized spacial score (nSPS) is 19.4. The highest BCUT2D eigenvalue weighted by Crippen LogP contribution is 2.36. The molecule has 0 aromatic heterocycles. The van der Waals surface area contributed by atoms with Gasteiger partial charge in [0.1, 0.15) is 0 Å². The summed E-state index contributed by atoms with van der Waals surface area (Å²) < 4.78 is 37.4. The molecule has 2 rings (SSSR count). The van der Waals surface area contributed by atoms with Crippen molar-refractivity contribution in [3.63, 3.8) is 0 Å². The van der Waals surface area contributed by atoms with E-state index in [1.165, 1.54) is 12.1 Å². The SMILES string of the molecule is CCC1(c2cccc(F)c2F)OCCO1. The summed E-state index contributed by atoms with van der Waals surface area (Å²) in [6.45, 7) is 2.63. The largest absolute Gasteiger partial charge is 0.343 e. The standard InChI is InChI=1S/C11H12F2O2/c1-2-11(14-6-7-15-11)8-4-3-5-9(12)10(8)13/h3-5H,2,6-7H2,1H3. The number of rotatable bonds is 2. The molecule has 0 aliphatic carbocycles. The Labute approximate surface area is 86.8 Å². The Morgan fingerprint density at radius 2 is 1.93 bits per heavy atom. The van der Waals surface area contributed by atoms with Crippen LogP contribution in [0.3, 0.4) is 0 Å². The molecule has 0 atom stereocenters. The van der Waals surface area contributed by atoms with Crippen molar-refractivity contribution in [3.8, 4) is 0 Å². The Balaban J connectivity index is 2.47. The molecule has 0 saturated carbocycles. The minimum Gasteiger partial charge on any atom is -0.343 e. The van der Waals surface area contributed by atoms with Gasteiger partial charge in [0.25, 0.3) is 0 Å². The van der Waals surface area contributed by atoms with Gasteiger partial charge in [0, 0.05) is 12.0 Å². The van der Waals surface area contributed by atoms with Gasteiger partial charge in [-0.05, 0) is 6.07 Å². The van der Waals surface area contributed by atoms with Crippen molar-refractivity contribution in [2.24, 2.45) is 0 Å². The maximum Gasteiger partial charge on any atom is 0.197 e. The summed E-state index contributed by atoms with van der Waals surface area (Å²) in [5.74, 6) is -2.87. The molecule has 15 heavy (non-hydrogen) atoms. The average Bonchev–Trinajstić information content (AvgIpc) is 2.72. The van der Waals surface area contributed by atoms with E-state index in [-0.39, 0.29) is 5.56 Å². The zero-order valence-electron chi connectivity index (χ0n) is 8.43. The Morgan fingerprint density at radius 3 is 2.53 bits per heavy atom. The first kappa shape index (κ1) is 10.5. The zero-order valence-corrected chi connectivity index (χ0v) is 8.43. The second-order valence-corrected chi connectivity index (χ2v) is 3.40. The maximum atomic E-state index is 13.6. The van der Waals surface area contributed by atoms with Crippen LogP contribution < -0.4 is 0 Å². The number of hydrogen-bond donors (Lipinski definition) is 0. The fraction of sp³-hybridized carbons (Fsp3) is 0.455. The van der Waals surface area contributed by atoms with Crippen molar-refractivity contribution in [1.29, 1.82) is 0 Å². The lowest BCUT2D eigenvalue weighted by atomic mass is 10.0. The maximum absolute atomic E-state index is 13.6. The molecule has 1 aliphatic rings. The summed E-state index contributed by atoms with van der Waals surface area (Å²) in [6, 6.07) is 4.03. The van der Waals surface area contributed by atoms with Crippen LogP contribution in [0.5, 0.6) is 0 Å². The third-order valence-corrected chi connectivity index (χ3v) is 2.58. The lowest BCUT2D eigenvalue weighted by Crippen LogP contribution is -2.27. The van der Waals surface area contributed by atoms with Gasteiger partial charge in [-0.2, -0.15) is 0 Å². The molecule has 0 N–H and O–H groups in total. The first-order chi connectivity index (χ1) is 7.19. The van der Waals surface area contributed by atoms with E-state index in [9.17, 15) is 8.78 Å². The molecule has 2 nitrogen and oxygen atoms in total. The van der Waals surface area contributed by atoms with Gasteiger partial charge in [0.15, 0.2) is 17.4 Å². The van der Waals surface area contributed by atoms with E-state index in [1.807, 2.05) is 6.92 Å². The lowest BCUT2D eigenvalue weighted by Gasteiger charge is -2.26. The van der Waals surface area contributed by atoms with Crippen LogP contribution in [0.15, 0.2) is 18.2 Å². The first-order valence-electron chi connectivity index (χ1n) is 4.92. The predicted octanol–water partition coefficient (Wildman–Crippen LogP) is 2.57. The molecule has 0 radical (unpaired) electrons. The molecule has 0 amide bonds. The second kappa shape index (κ2) is 3.87. The predicted molar refractivity (Wildman–Crippen MR) is 50.2 cm³/mol. The molecule has 82 valence electrons. The van der Waals surface area contributed by atoms with Gasteiger partial charge < -0.3 is 9.47 Å². The molecule has 4 heteroatoms. The van der Waals surface area contributed by atoms with E-state index in [1.54, 1.807) is 0 Å². The van der Waals surface area contributed by atoms with Gasteiger partial charge in [-0.1, -0.05) is 19.1 Å². The molecule has 1 aromatic rings. The zero-order chi connectivity index (χ0) is 10.9. The molecule has 1 aromatic carbocycles. The van der Waals surface area contributed by atoms with E-state index in [0.717, 1.165) is 6.07 Å². The van der Waals surface area contributed by atoms with Crippen LogP contribution in [0.2, 0.25) is 0 Å². The molecule has 1 heterocycles. The van der Waals surface area contributed by atoms with Gasteiger partial charge >= 0.3 is 0 Å². The number of hydrogen-bond acceptors (Lipinski definition) is 2. The topological polar surface area (TPSA) is 18.5 Å². The summed E-state index contributed by atoms with van der Waals surface area (Å²) in [4.78, 5) is 0. The van der Waals surface area contributed by atoms with Gasteiger partial charge in [0.05, 0.1) is 13.2 Å². The van der Waals surface area contributed by atoms with Crippen molar-refractivity contribution in [2.45, 2.75) is 19.1 Å². The van der Waals surface area contributed by atoms with Crippen LogP contribution in [0.1, 0.15) is 18.9 Å². The highest BCUT2D eigenvalue weighted by molar-refractivity contribution is 5.24. The van der Waals surface area contributed by atoms with Crippen LogP contribution in [0, 0.1) is 11.6 Å². The molecular weight excluding hydrogens is 202 g/mol. The third kappa shape index (κ3) is 1.64. The second-order valence-electron chi connectivity index (χ2n) is 3.40. The molecule has 1 saturated heterocycles. The minimum atomic E-state index is -1.10. The average molecular weight is 214 g/mol. The van der Waals surface area contributed by atoms with Crippen molar-refractivity contribution in [3.05, 3.63) is 35.4 Å². The van der Waals surface area contributed by atoms with E-state index >= 15 is 0 Å². The Morgan fingerprint density at radius 1 is 1.27 bits per heavy atom. The third-order valence-electron chi connectivity index (χ3n) is 2.58. The molecule has 0 unspecified atom stereocenters. The Hall–Kier alpha value is -1.00. The van der Waals surface area contributed by atoms with E-state index < -0.39 is 17.4 Å². The summed E-state index contributed by atoms with van der Waals surface area (Å²) >= 11 is 0. The van der Waals surface area contributed by atoms with Crippen LogP contribution >= 0.6 is 0 Å². The smallest absolute Gasteiger partial charge is 0.197 e. The number of benzene rings is 1. The monoisotopic (exact) mass is 214 g/mol. The quantitative estimate of drug-likeness (QED) is 0.753. The summed E-state index contributed by atoms with van der Waals surface area (Å²) in [5, 5.41) is 0. The highest BCUT2D eigenvalue weighted by Gasteiger charge is 2.39. The van der Waals surface area contributed by atoms with Gasteiger partial charge in [-0.3, -0.25) is 0 Å². The van der Waals surface area contributed by atoms with Crippen LogP contribution in [-0.4, -0.2) is 13.2 Å². The Bertz CT molecular complexity index is 360. The van der Waals surface area contributed by atoms with Gasteiger partial charge in [-0.15, -0.1) is 0 Å². The number of halogens is 2. The first-order valence-corrected chi connectivity index (χ1v) is 4.92. The fourth-order valence-corrected chi connectivity index (χ4v) is 1.80. The van der Waals surface area contributed by atoms with Crippen molar-refractivity contribution >= 4 is 0 Å². The Kier molecular flexibility index (Phi) is 2.71. The van der Waals surface area contributed by atoms with Gasteiger partial charge in [0.2, 0.25) is 0 Å². The molecule has 1 fully saturated rings. The van der Waals surface area contributed by atoms with Crippen molar-refractivity contribution in [1.82, 2.24) is 0 Å². The molecule has 1 aliphatic heterocycles. The number of ether oxygens (including phenoxy) is 2. The van der Waals surface area contributed by atoms with E-state index in [2.05, 4.69) is 0 Å². The van der Waals surface area contributed by atoms with Gasteiger partial charge in [-0.25, -0.2) is 8.78 Å². The van der Waals surface area contributed by atoms with Crippen LogP contribution in [-0.2, 0) is 15.3 Å². The van der Waals surface area contributed by atoms with Crippen molar-refractivity contribution < 1.29 is 18.3 Å². The summed E-state index contributed by atoms with van der Waals surface area (Å²) in [6.07, 6.45) is 0.452. The van der Waals surface area contributed by atoms with Crippen LogP contribution in [0.4, 0.5) is 8.78 Å². The van der Waals surface area contributed by atoms with Crippen LogP contribution in [0.25, 0.3) is 0 Å². The minimum absolute atomic E-state index is 0.141. The molecule has 0 spiro atoms. The highest BCUT2D eigenvalue weighted by atomic mass is 19.2. The lowest BCUT2D eigenvalue weighted by molar-refractivity contribution is -0.169. The summed E-state index contributed by atoms with van der Waals surface area (Å²) in [5.41, 5.74) is 0.141. The molecule has 0 bridgehead atoms. The van der Waals surface area contributed by atoms with E-state index in [0.29, 0.717) is 19.6 Å². The van der Waals surface area contributed by atoms with Crippen molar-refractivity contribution in [2.75, 3.05) is 13.2 Å². The fourth-order valence-electron chi connectivity index (χ4n) is 1.80. The van der Waals surface area contributed by atoms with E-state index in [4.69, 9.17) is 9.47 Å². The summed E-state index contributed by atoms with van der Waals surface area (Å²) in [7, 11) is 0.